The van der Waals surface area contributed by atoms with Crippen LogP contribution in [-0.2, 0) is 6.42 Å². The van der Waals surface area contributed by atoms with Crippen LogP contribution in [-0.4, -0.2) is 33.9 Å². The summed E-state index contributed by atoms with van der Waals surface area (Å²) in [6, 6.07) is 0. The zero-order valence-corrected chi connectivity index (χ0v) is 10.4. The van der Waals surface area contributed by atoms with Crippen LogP contribution in [0.3, 0.4) is 0 Å². The highest BCUT2D eigenvalue weighted by molar-refractivity contribution is 9.11. The Morgan fingerprint density at radius 1 is 1.38 bits per heavy atom. The molecule has 0 saturated heterocycles. The Bertz CT molecular complexity index is 247. The van der Waals surface area contributed by atoms with Gasteiger partial charge in [0.1, 0.15) is 5.82 Å². The summed E-state index contributed by atoms with van der Waals surface area (Å²) in [6.07, 6.45) is 0.948. The minimum Gasteiger partial charge on any atom is -0.303 e. The van der Waals surface area contributed by atoms with Gasteiger partial charge in [-0.3, -0.25) is 0 Å². The standard InChI is InChI=1S/C8H14BrN3S/c1-3-12(4-2)6-5-7-10-8(9)13-11-7/h3-6H2,1-2H3. The summed E-state index contributed by atoms with van der Waals surface area (Å²) in [6.45, 7) is 7.60. The van der Waals surface area contributed by atoms with Crippen LogP contribution in [0.1, 0.15) is 19.7 Å². The topological polar surface area (TPSA) is 29.0 Å². The summed E-state index contributed by atoms with van der Waals surface area (Å²) in [5.74, 6) is 0.948. The normalized spacial score (nSPS) is 11.1. The lowest BCUT2D eigenvalue weighted by Gasteiger charge is -2.16. The maximum absolute atomic E-state index is 4.25. The van der Waals surface area contributed by atoms with E-state index in [0.717, 1.165) is 35.8 Å². The molecule has 0 aliphatic carbocycles. The van der Waals surface area contributed by atoms with Crippen molar-refractivity contribution in [1.82, 2.24) is 14.3 Å². The molecule has 0 spiro atoms. The van der Waals surface area contributed by atoms with E-state index in [1.54, 1.807) is 0 Å². The van der Waals surface area contributed by atoms with Crippen molar-refractivity contribution in [3.63, 3.8) is 0 Å². The van der Waals surface area contributed by atoms with Crippen molar-refractivity contribution >= 4 is 27.5 Å². The third kappa shape index (κ3) is 3.70. The number of nitrogens with zero attached hydrogens (tertiary/aromatic N) is 3. The number of hydrogen-bond donors (Lipinski definition) is 0. The van der Waals surface area contributed by atoms with Gasteiger partial charge in [-0.25, -0.2) is 4.98 Å². The Morgan fingerprint density at radius 2 is 2.08 bits per heavy atom. The summed E-state index contributed by atoms with van der Waals surface area (Å²) in [7, 11) is 0. The first-order chi connectivity index (χ1) is 6.26. The summed E-state index contributed by atoms with van der Waals surface area (Å²) in [5, 5.41) is 0. The molecule has 5 heteroatoms. The van der Waals surface area contributed by atoms with Gasteiger partial charge in [-0.05, 0) is 40.6 Å². The van der Waals surface area contributed by atoms with Crippen LogP contribution in [0.5, 0.6) is 0 Å². The highest BCUT2D eigenvalue weighted by atomic mass is 79.9. The SMILES string of the molecule is CCN(CC)CCc1nsc(Br)n1. The van der Waals surface area contributed by atoms with E-state index in [2.05, 4.69) is 44.0 Å². The van der Waals surface area contributed by atoms with Gasteiger partial charge in [-0.15, -0.1) is 0 Å². The van der Waals surface area contributed by atoms with E-state index in [1.807, 2.05) is 0 Å². The Labute approximate surface area is 91.5 Å². The average Bonchev–Trinajstić information content (AvgIpc) is 2.53. The van der Waals surface area contributed by atoms with Gasteiger partial charge in [-0.2, -0.15) is 4.37 Å². The third-order valence-corrected chi connectivity index (χ3v) is 3.15. The van der Waals surface area contributed by atoms with E-state index in [0.29, 0.717) is 0 Å². The van der Waals surface area contributed by atoms with Gasteiger partial charge in [0.25, 0.3) is 0 Å². The van der Waals surface area contributed by atoms with Crippen molar-refractivity contribution in [2.24, 2.45) is 0 Å². The van der Waals surface area contributed by atoms with Crippen molar-refractivity contribution in [3.05, 3.63) is 9.74 Å². The molecule has 74 valence electrons. The van der Waals surface area contributed by atoms with Crippen molar-refractivity contribution in [1.29, 1.82) is 0 Å². The number of likely N-dealkylation sites (N-methyl/N-ethyl adjacent to an activating group) is 1. The van der Waals surface area contributed by atoms with Gasteiger partial charge in [0.2, 0.25) is 0 Å². The molecule has 0 saturated carbocycles. The number of halogens is 1. The van der Waals surface area contributed by atoms with E-state index >= 15 is 0 Å². The first-order valence-corrected chi connectivity index (χ1v) is 6.03. The molecular weight excluding hydrogens is 250 g/mol. The molecule has 1 heterocycles. The summed E-state index contributed by atoms with van der Waals surface area (Å²) in [4.78, 5) is 6.62. The second-order valence-corrected chi connectivity index (χ2v) is 4.77. The van der Waals surface area contributed by atoms with Gasteiger partial charge in [0.05, 0.1) is 0 Å². The van der Waals surface area contributed by atoms with Crippen LogP contribution >= 0.6 is 27.5 Å². The summed E-state index contributed by atoms with van der Waals surface area (Å²) in [5.41, 5.74) is 0. The van der Waals surface area contributed by atoms with E-state index in [1.165, 1.54) is 11.5 Å². The maximum Gasteiger partial charge on any atom is 0.179 e. The van der Waals surface area contributed by atoms with E-state index in [9.17, 15) is 0 Å². The average molecular weight is 264 g/mol. The number of rotatable bonds is 5. The Balaban J connectivity index is 2.33. The fraction of sp³-hybridized carbons (Fsp3) is 0.750. The van der Waals surface area contributed by atoms with Crippen LogP contribution in [0.4, 0.5) is 0 Å². The molecule has 0 unspecified atom stereocenters. The molecule has 0 radical (unpaired) electrons. The van der Waals surface area contributed by atoms with Gasteiger partial charge >= 0.3 is 0 Å². The number of aromatic nitrogens is 2. The zero-order chi connectivity index (χ0) is 9.68. The second kappa shape index (κ2) is 5.67. The van der Waals surface area contributed by atoms with Gasteiger partial charge < -0.3 is 4.90 Å². The minimum absolute atomic E-state index is 0.877. The van der Waals surface area contributed by atoms with E-state index in [-0.39, 0.29) is 0 Å². The van der Waals surface area contributed by atoms with Gasteiger partial charge in [0, 0.05) is 13.0 Å². The largest absolute Gasteiger partial charge is 0.303 e. The molecule has 1 aromatic rings. The second-order valence-electron chi connectivity index (χ2n) is 2.74. The molecule has 0 aliphatic heterocycles. The first-order valence-electron chi connectivity index (χ1n) is 4.46. The monoisotopic (exact) mass is 263 g/mol. The molecule has 0 aromatic carbocycles. The van der Waals surface area contributed by atoms with Crippen molar-refractivity contribution in [3.8, 4) is 0 Å². The molecule has 3 nitrogen and oxygen atoms in total. The van der Waals surface area contributed by atoms with Gasteiger partial charge in [-0.1, -0.05) is 13.8 Å². The van der Waals surface area contributed by atoms with Gasteiger partial charge in [0.15, 0.2) is 3.92 Å². The Kier molecular flexibility index (Phi) is 4.83. The third-order valence-electron chi connectivity index (χ3n) is 1.99. The molecule has 0 fully saturated rings. The molecule has 13 heavy (non-hydrogen) atoms. The minimum atomic E-state index is 0.877. The molecule has 1 aromatic heterocycles. The fourth-order valence-corrected chi connectivity index (χ4v) is 2.01. The van der Waals surface area contributed by atoms with E-state index in [4.69, 9.17) is 0 Å². The predicted octanol–water partition coefficient (Wildman–Crippen LogP) is 2.18. The summed E-state index contributed by atoms with van der Waals surface area (Å²) >= 11 is 4.71. The van der Waals surface area contributed by atoms with Crippen LogP contribution in [0.25, 0.3) is 0 Å². The van der Waals surface area contributed by atoms with Crippen molar-refractivity contribution < 1.29 is 0 Å². The molecule has 0 N–H and O–H groups in total. The lowest BCUT2D eigenvalue weighted by Crippen LogP contribution is -2.25. The van der Waals surface area contributed by atoms with Crippen LogP contribution in [0.2, 0.25) is 0 Å². The molecule has 1 rings (SSSR count). The lowest BCUT2D eigenvalue weighted by atomic mass is 10.3. The highest BCUT2D eigenvalue weighted by Gasteiger charge is 2.03. The van der Waals surface area contributed by atoms with Crippen LogP contribution in [0.15, 0.2) is 3.92 Å². The van der Waals surface area contributed by atoms with Crippen LogP contribution < -0.4 is 0 Å². The van der Waals surface area contributed by atoms with E-state index < -0.39 is 0 Å². The Hall–Kier alpha value is -0.0000000000000000555. The molecule has 0 aliphatic rings. The fourth-order valence-electron chi connectivity index (χ4n) is 1.13. The Morgan fingerprint density at radius 3 is 2.54 bits per heavy atom. The highest BCUT2D eigenvalue weighted by Crippen LogP contribution is 2.12. The zero-order valence-electron chi connectivity index (χ0n) is 7.96. The maximum atomic E-state index is 4.25. The molecule has 0 atom stereocenters. The molecular formula is C8H14BrN3S. The van der Waals surface area contributed by atoms with Crippen molar-refractivity contribution in [2.75, 3.05) is 19.6 Å². The quantitative estimate of drug-likeness (QED) is 0.816. The summed E-state index contributed by atoms with van der Waals surface area (Å²) < 4.78 is 5.09. The first kappa shape index (κ1) is 11.1. The lowest BCUT2D eigenvalue weighted by molar-refractivity contribution is 0.306. The molecule has 0 bridgehead atoms. The smallest absolute Gasteiger partial charge is 0.179 e. The van der Waals surface area contributed by atoms with Crippen molar-refractivity contribution in [2.45, 2.75) is 20.3 Å². The molecule has 0 amide bonds. The number of hydrogen-bond acceptors (Lipinski definition) is 4. The predicted molar refractivity (Wildman–Crippen MR) is 59.1 cm³/mol. The van der Waals surface area contributed by atoms with Crippen LogP contribution in [0, 0.1) is 0 Å².